The van der Waals surface area contributed by atoms with Crippen molar-refractivity contribution in [2.24, 2.45) is 0 Å². The molecular formula is C11H18N2O4. The van der Waals surface area contributed by atoms with E-state index in [0.29, 0.717) is 11.5 Å². The fourth-order valence-electron chi connectivity index (χ4n) is 1.50. The van der Waals surface area contributed by atoms with E-state index in [1.165, 1.54) is 0 Å². The number of hydrogen-bond donors (Lipinski definition) is 0. The van der Waals surface area contributed by atoms with E-state index in [9.17, 15) is 14.4 Å². The largest absolute Gasteiger partial charge is 0.333 e. The second kappa shape index (κ2) is 6.34. The molecule has 1 aliphatic rings. The van der Waals surface area contributed by atoms with E-state index in [0.717, 1.165) is 13.0 Å². The maximum Gasteiger partial charge on any atom is 0.333 e. The van der Waals surface area contributed by atoms with Gasteiger partial charge in [-0.1, -0.05) is 0 Å². The molecule has 0 atom stereocenters. The highest BCUT2D eigenvalue weighted by Crippen LogP contribution is 2.13. The molecule has 6 heteroatoms. The van der Waals surface area contributed by atoms with Gasteiger partial charge in [-0.05, 0) is 33.5 Å². The van der Waals surface area contributed by atoms with Crippen molar-refractivity contribution in [2.45, 2.75) is 32.1 Å². The molecule has 6 nitrogen and oxygen atoms in total. The van der Waals surface area contributed by atoms with Crippen LogP contribution >= 0.6 is 0 Å². The van der Waals surface area contributed by atoms with Crippen LogP contribution in [0.25, 0.3) is 0 Å². The van der Waals surface area contributed by atoms with Gasteiger partial charge in [0.1, 0.15) is 0 Å². The third-order valence-corrected chi connectivity index (χ3v) is 2.44. The van der Waals surface area contributed by atoms with Crippen molar-refractivity contribution in [1.82, 2.24) is 9.96 Å². The van der Waals surface area contributed by atoms with Gasteiger partial charge in [0.25, 0.3) is 11.8 Å². The molecule has 0 aromatic carbocycles. The van der Waals surface area contributed by atoms with Crippen molar-refractivity contribution in [3.05, 3.63) is 0 Å². The number of carbonyl (C=O) groups is 3. The average molecular weight is 242 g/mol. The molecule has 0 aliphatic carbocycles. The minimum Gasteiger partial charge on any atom is -0.330 e. The minimum atomic E-state index is -0.521. The Morgan fingerprint density at radius 3 is 2.35 bits per heavy atom. The molecule has 1 heterocycles. The highest BCUT2D eigenvalue weighted by atomic mass is 16.7. The number of imide groups is 1. The van der Waals surface area contributed by atoms with Crippen LogP contribution in [0, 0.1) is 0 Å². The zero-order chi connectivity index (χ0) is 12.8. The summed E-state index contributed by atoms with van der Waals surface area (Å²) < 4.78 is 0. The van der Waals surface area contributed by atoms with Gasteiger partial charge in [-0.3, -0.25) is 9.59 Å². The van der Waals surface area contributed by atoms with Crippen molar-refractivity contribution in [3.63, 3.8) is 0 Å². The van der Waals surface area contributed by atoms with E-state index < -0.39 is 17.8 Å². The summed E-state index contributed by atoms with van der Waals surface area (Å²) in [6.45, 7) is 0.898. The Morgan fingerprint density at radius 1 is 1.24 bits per heavy atom. The van der Waals surface area contributed by atoms with Crippen LogP contribution in [0.2, 0.25) is 0 Å². The zero-order valence-electron chi connectivity index (χ0n) is 10.3. The first-order chi connectivity index (χ1) is 8.00. The third kappa shape index (κ3) is 4.52. The average Bonchev–Trinajstić information content (AvgIpc) is 2.56. The lowest BCUT2D eigenvalue weighted by Crippen LogP contribution is -2.32. The molecule has 1 fully saturated rings. The standard InChI is InChI=1S/C11H18N2O4/c1-12(2)8-4-3-5-11(16)17-13-9(14)6-7-10(13)15/h3-8H2,1-2H3. The predicted molar refractivity (Wildman–Crippen MR) is 59.6 cm³/mol. The summed E-state index contributed by atoms with van der Waals surface area (Å²) in [5.41, 5.74) is 0. The van der Waals surface area contributed by atoms with Crippen LogP contribution in [-0.4, -0.2) is 48.4 Å². The number of amides is 2. The number of unbranched alkanes of at least 4 members (excludes halogenated alkanes) is 1. The van der Waals surface area contributed by atoms with E-state index in [1.54, 1.807) is 0 Å². The van der Waals surface area contributed by atoms with Gasteiger partial charge in [0.05, 0.1) is 0 Å². The summed E-state index contributed by atoms with van der Waals surface area (Å²) in [6.07, 6.45) is 2.06. The molecule has 0 spiro atoms. The van der Waals surface area contributed by atoms with E-state index in [4.69, 9.17) is 4.84 Å². The van der Waals surface area contributed by atoms with Crippen LogP contribution in [0.15, 0.2) is 0 Å². The zero-order valence-corrected chi connectivity index (χ0v) is 10.3. The van der Waals surface area contributed by atoms with E-state index in [2.05, 4.69) is 0 Å². The molecule has 96 valence electrons. The molecule has 0 bridgehead atoms. The molecule has 2 amide bonds. The van der Waals surface area contributed by atoms with E-state index in [1.807, 2.05) is 19.0 Å². The van der Waals surface area contributed by atoms with Crippen LogP contribution < -0.4 is 0 Å². The molecule has 0 N–H and O–H groups in total. The second-order valence-corrected chi connectivity index (χ2v) is 4.31. The van der Waals surface area contributed by atoms with Gasteiger partial charge in [0, 0.05) is 19.3 Å². The topological polar surface area (TPSA) is 66.9 Å². The number of rotatable bonds is 6. The fraction of sp³-hybridized carbons (Fsp3) is 0.727. The van der Waals surface area contributed by atoms with Crippen LogP contribution in [0.1, 0.15) is 32.1 Å². The Hall–Kier alpha value is -1.43. The minimum absolute atomic E-state index is 0.132. The number of carbonyl (C=O) groups excluding carboxylic acids is 3. The Labute approximate surface area is 100 Å². The molecule has 17 heavy (non-hydrogen) atoms. The second-order valence-electron chi connectivity index (χ2n) is 4.31. The first-order valence-electron chi connectivity index (χ1n) is 5.72. The maximum absolute atomic E-state index is 11.4. The lowest BCUT2D eigenvalue weighted by atomic mass is 10.2. The smallest absolute Gasteiger partial charge is 0.330 e. The third-order valence-electron chi connectivity index (χ3n) is 2.44. The highest BCUT2D eigenvalue weighted by Gasteiger charge is 2.32. The van der Waals surface area contributed by atoms with Crippen LogP contribution in [0.4, 0.5) is 0 Å². The van der Waals surface area contributed by atoms with Crippen LogP contribution in [-0.2, 0) is 19.2 Å². The van der Waals surface area contributed by atoms with E-state index >= 15 is 0 Å². The number of hydrogen-bond acceptors (Lipinski definition) is 5. The Morgan fingerprint density at radius 2 is 1.82 bits per heavy atom. The Kier molecular flexibility index (Phi) is 5.09. The molecule has 1 rings (SSSR count). The Balaban J connectivity index is 2.21. The monoisotopic (exact) mass is 242 g/mol. The lowest BCUT2D eigenvalue weighted by Gasteiger charge is -2.13. The van der Waals surface area contributed by atoms with Crippen molar-refractivity contribution >= 4 is 17.8 Å². The Bertz CT molecular complexity index is 299. The van der Waals surface area contributed by atoms with Crippen molar-refractivity contribution in [2.75, 3.05) is 20.6 Å². The van der Waals surface area contributed by atoms with Crippen LogP contribution in [0.3, 0.4) is 0 Å². The first kappa shape index (κ1) is 13.6. The van der Waals surface area contributed by atoms with Crippen molar-refractivity contribution in [3.8, 4) is 0 Å². The molecule has 0 saturated carbocycles. The normalized spacial score (nSPS) is 15.8. The van der Waals surface area contributed by atoms with Gasteiger partial charge in [-0.2, -0.15) is 0 Å². The van der Waals surface area contributed by atoms with Gasteiger partial charge < -0.3 is 9.74 Å². The van der Waals surface area contributed by atoms with E-state index in [-0.39, 0.29) is 19.3 Å². The molecule has 0 radical (unpaired) electrons. The molecule has 1 saturated heterocycles. The first-order valence-corrected chi connectivity index (χ1v) is 5.72. The van der Waals surface area contributed by atoms with Gasteiger partial charge in [-0.15, -0.1) is 5.06 Å². The molecule has 1 aliphatic heterocycles. The fourth-order valence-corrected chi connectivity index (χ4v) is 1.50. The molecule has 0 aromatic rings. The van der Waals surface area contributed by atoms with Crippen molar-refractivity contribution in [1.29, 1.82) is 0 Å². The van der Waals surface area contributed by atoms with Crippen molar-refractivity contribution < 1.29 is 19.2 Å². The van der Waals surface area contributed by atoms with Gasteiger partial charge in [-0.25, -0.2) is 4.79 Å². The predicted octanol–water partition coefficient (Wildman–Crippen LogP) is 0.325. The van der Waals surface area contributed by atoms with Crippen LogP contribution in [0.5, 0.6) is 0 Å². The van der Waals surface area contributed by atoms with Gasteiger partial charge in [0.2, 0.25) is 0 Å². The summed E-state index contributed by atoms with van der Waals surface area (Å²) >= 11 is 0. The summed E-state index contributed by atoms with van der Waals surface area (Å²) in [5.74, 6) is -1.39. The number of nitrogens with zero attached hydrogens (tertiary/aromatic N) is 2. The maximum atomic E-state index is 11.4. The molecule has 0 unspecified atom stereocenters. The highest BCUT2D eigenvalue weighted by molar-refractivity contribution is 6.01. The summed E-state index contributed by atoms with van der Waals surface area (Å²) in [4.78, 5) is 40.4. The SMILES string of the molecule is CN(C)CCCCC(=O)ON1C(=O)CCC1=O. The van der Waals surface area contributed by atoms with Gasteiger partial charge >= 0.3 is 5.97 Å². The summed E-state index contributed by atoms with van der Waals surface area (Å²) in [6, 6.07) is 0. The molecular weight excluding hydrogens is 224 g/mol. The summed E-state index contributed by atoms with van der Waals surface area (Å²) in [7, 11) is 3.92. The lowest BCUT2D eigenvalue weighted by molar-refractivity contribution is -0.197. The molecule has 0 aromatic heterocycles. The number of hydroxylamine groups is 2. The quantitative estimate of drug-likeness (QED) is 0.496. The van der Waals surface area contributed by atoms with Gasteiger partial charge in [0.15, 0.2) is 0 Å². The summed E-state index contributed by atoms with van der Waals surface area (Å²) in [5, 5.41) is 0.592.